The minimum Gasteiger partial charge on any atom is -0.481 e. The van der Waals surface area contributed by atoms with Crippen LogP contribution in [0, 0.1) is 0 Å². The first kappa shape index (κ1) is 15.9. The van der Waals surface area contributed by atoms with Crippen LogP contribution in [0.1, 0.15) is 38.8 Å². The highest BCUT2D eigenvalue weighted by Gasteiger charge is 2.24. The molecule has 0 spiro atoms. The highest BCUT2D eigenvalue weighted by Crippen LogP contribution is 2.26. The molecule has 1 amide bonds. The fourth-order valence-corrected chi connectivity index (χ4v) is 2.25. The number of amides is 1. The summed E-state index contributed by atoms with van der Waals surface area (Å²) in [6, 6.07) is 6.86. The number of carboxylic acid groups (broad SMARTS) is 1. The maximum Gasteiger partial charge on any atom is 0.408 e. The first-order valence-corrected chi connectivity index (χ1v) is 7.03. The lowest BCUT2D eigenvalue weighted by molar-refractivity contribution is -0.137. The van der Waals surface area contributed by atoms with Crippen molar-refractivity contribution in [3.8, 4) is 0 Å². The smallest absolute Gasteiger partial charge is 0.408 e. The highest BCUT2D eigenvalue weighted by molar-refractivity contribution is 5.85. The number of ether oxygens (including phenoxy) is 1. The van der Waals surface area contributed by atoms with Gasteiger partial charge in [0.25, 0.3) is 0 Å². The van der Waals surface area contributed by atoms with Crippen LogP contribution < -0.4 is 5.32 Å². The van der Waals surface area contributed by atoms with E-state index in [0.29, 0.717) is 0 Å². The Balaban J connectivity index is 2.26. The summed E-state index contributed by atoms with van der Waals surface area (Å²) in [5, 5.41) is 12.6. The Morgan fingerprint density at radius 3 is 2.64 bits per heavy atom. The molecule has 0 radical (unpaired) electrons. The molecule has 6 nitrogen and oxygen atoms in total. The van der Waals surface area contributed by atoms with Gasteiger partial charge in [-0.2, -0.15) is 0 Å². The van der Waals surface area contributed by atoms with Crippen molar-refractivity contribution in [1.29, 1.82) is 0 Å². The number of H-pyrrole nitrogens is 1. The van der Waals surface area contributed by atoms with Gasteiger partial charge in [0.2, 0.25) is 0 Å². The molecule has 118 valence electrons. The number of alkyl carbamates (subject to hydrolysis) is 1. The number of aromatic amines is 1. The molecule has 2 rings (SSSR count). The number of rotatable bonds is 4. The second kappa shape index (κ2) is 6.09. The van der Waals surface area contributed by atoms with Gasteiger partial charge in [-0.3, -0.25) is 4.79 Å². The minimum absolute atomic E-state index is 0.221. The number of para-hydroxylation sites is 1. The van der Waals surface area contributed by atoms with Crippen molar-refractivity contribution in [2.24, 2.45) is 0 Å². The number of fused-ring (bicyclic) bond motifs is 1. The van der Waals surface area contributed by atoms with E-state index in [4.69, 9.17) is 9.84 Å². The summed E-state index contributed by atoms with van der Waals surface area (Å²) in [6.07, 6.45) is 0.862. The quantitative estimate of drug-likeness (QED) is 0.808. The topological polar surface area (TPSA) is 91.4 Å². The third kappa shape index (κ3) is 4.00. The molecule has 1 atom stereocenters. The normalized spacial score (nSPS) is 12.9. The number of aliphatic carboxylic acids is 1. The van der Waals surface area contributed by atoms with Gasteiger partial charge in [-0.1, -0.05) is 18.2 Å². The second-order valence-electron chi connectivity index (χ2n) is 6.09. The van der Waals surface area contributed by atoms with E-state index in [1.807, 2.05) is 24.3 Å². The van der Waals surface area contributed by atoms with Crippen molar-refractivity contribution < 1.29 is 19.4 Å². The fraction of sp³-hybridized carbons (Fsp3) is 0.375. The third-order valence-electron chi connectivity index (χ3n) is 3.07. The molecule has 1 aromatic carbocycles. The molecule has 22 heavy (non-hydrogen) atoms. The van der Waals surface area contributed by atoms with Gasteiger partial charge < -0.3 is 20.1 Å². The summed E-state index contributed by atoms with van der Waals surface area (Å²) in [4.78, 5) is 26.1. The molecule has 0 saturated carbocycles. The number of carbonyl (C=O) groups excluding carboxylic acids is 1. The SMILES string of the molecule is CC(C)(C)OC(=O)N[C@@H](CC(=O)O)c1c[nH]c2ccccc12. The maximum absolute atomic E-state index is 11.9. The van der Waals surface area contributed by atoms with Gasteiger partial charge in [0.1, 0.15) is 5.60 Å². The van der Waals surface area contributed by atoms with Crippen LogP contribution >= 0.6 is 0 Å². The Kier molecular flexibility index (Phi) is 4.40. The predicted molar refractivity (Wildman–Crippen MR) is 82.7 cm³/mol. The number of carbonyl (C=O) groups is 2. The number of hydrogen-bond donors (Lipinski definition) is 3. The van der Waals surface area contributed by atoms with Crippen LogP contribution in [0.2, 0.25) is 0 Å². The lowest BCUT2D eigenvalue weighted by Crippen LogP contribution is -2.35. The minimum atomic E-state index is -0.994. The summed E-state index contributed by atoms with van der Waals surface area (Å²) in [7, 11) is 0. The predicted octanol–water partition coefficient (Wildman–Crippen LogP) is 3.21. The van der Waals surface area contributed by atoms with Crippen LogP contribution in [0.15, 0.2) is 30.5 Å². The Hall–Kier alpha value is -2.50. The van der Waals surface area contributed by atoms with Crippen molar-refractivity contribution in [2.45, 2.75) is 38.8 Å². The van der Waals surface area contributed by atoms with Gasteiger partial charge in [0, 0.05) is 22.7 Å². The first-order chi connectivity index (χ1) is 10.3. The van der Waals surface area contributed by atoms with Gasteiger partial charge in [-0.05, 0) is 26.8 Å². The average Bonchev–Trinajstić information content (AvgIpc) is 2.78. The molecular formula is C16H20N2O4. The molecular weight excluding hydrogens is 284 g/mol. The molecule has 0 aliphatic carbocycles. The fourth-order valence-electron chi connectivity index (χ4n) is 2.25. The summed E-state index contributed by atoms with van der Waals surface area (Å²) in [5.74, 6) is -0.994. The summed E-state index contributed by atoms with van der Waals surface area (Å²) >= 11 is 0. The van der Waals surface area contributed by atoms with Crippen molar-refractivity contribution in [3.63, 3.8) is 0 Å². The molecule has 0 bridgehead atoms. The number of aromatic nitrogens is 1. The zero-order valence-electron chi connectivity index (χ0n) is 12.8. The summed E-state index contributed by atoms with van der Waals surface area (Å²) in [5.41, 5.74) is 0.973. The van der Waals surface area contributed by atoms with Crippen molar-refractivity contribution in [1.82, 2.24) is 10.3 Å². The van der Waals surface area contributed by atoms with Crippen molar-refractivity contribution in [3.05, 3.63) is 36.0 Å². The monoisotopic (exact) mass is 304 g/mol. The molecule has 0 aliphatic rings. The Morgan fingerprint density at radius 2 is 2.00 bits per heavy atom. The number of nitrogens with one attached hydrogen (secondary N) is 2. The van der Waals surface area contributed by atoms with E-state index >= 15 is 0 Å². The molecule has 0 aliphatic heterocycles. The van der Waals surface area contributed by atoms with Crippen molar-refractivity contribution >= 4 is 23.0 Å². The zero-order chi connectivity index (χ0) is 16.3. The lowest BCUT2D eigenvalue weighted by atomic mass is 10.0. The van der Waals surface area contributed by atoms with E-state index < -0.39 is 23.7 Å². The largest absolute Gasteiger partial charge is 0.481 e. The average molecular weight is 304 g/mol. The van der Waals surface area contributed by atoms with Crippen LogP contribution in [0.3, 0.4) is 0 Å². The maximum atomic E-state index is 11.9. The van der Waals surface area contributed by atoms with E-state index in [-0.39, 0.29) is 6.42 Å². The zero-order valence-corrected chi connectivity index (χ0v) is 12.8. The van der Waals surface area contributed by atoms with E-state index in [1.54, 1.807) is 27.0 Å². The number of benzene rings is 1. The molecule has 1 aromatic heterocycles. The first-order valence-electron chi connectivity index (χ1n) is 7.03. The molecule has 3 N–H and O–H groups in total. The van der Waals surface area contributed by atoms with Crippen LogP contribution in [0.5, 0.6) is 0 Å². The Labute approximate surface area is 128 Å². The van der Waals surface area contributed by atoms with Crippen LogP contribution in [-0.4, -0.2) is 27.8 Å². The van der Waals surface area contributed by atoms with Gasteiger partial charge >= 0.3 is 12.1 Å². The van der Waals surface area contributed by atoms with E-state index in [0.717, 1.165) is 16.5 Å². The van der Waals surface area contributed by atoms with E-state index in [2.05, 4.69) is 10.3 Å². The molecule has 6 heteroatoms. The Morgan fingerprint density at radius 1 is 1.32 bits per heavy atom. The third-order valence-corrected chi connectivity index (χ3v) is 3.07. The number of carboxylic acids is 1. The van der Waals surface area contributed by atoms with Gasteiger partial charge in [0.05, 0.1) is 12.5 Å². The Bertz CT molecular complexity index is 685. The molecule has 2 aromatic rings. The molecule has 0 saturated heterocycles. The van der Waals surface area contributed by atoms with Gasteiger partial charge in [0.15, 0.2) is 0 Å². The molecule has 1 heterocycles. The van der Waals surface area contributed by atoms with Crippen LogP contribution in [0.4, 0.5) is 4.79 Å². The molecule has 0 unspecified atom stereocenters. The summed E-state index contributed by atoms with van der Waals surface area (Å²) < 4.78 is 5.21. The number of hydrogen-bond acceptors (Lipinski definition) is 3. The van der Waals surface area contributed by atoms with Gasteiger partial charge in [-0.25, -0.2) is 4.79 Å². The van der Waals surface area contributed by atoms with E-state index in [1.165, 1.54) is 0 Å². The van der Waals surface area contributed by atoms with E-state index in [9.17, 15) is 9.59 Å². The summed E-state index contributed by atoms with van der Waals surface area (Å²) in [6.45, 7) is 5.26. The highest BCUT2D eigenvalue weighted by atomic mass is 16.6. The standard InChI is InChI=1S/C16H20N2O4/c1-16(2,3)22-15(21)18-13(8-14(19)20)11-9-17-12-7-5-4-6-10(11)12/h4-7,9,13,17H,8H2,1-3H3,(H,18,21)(H,19,20)/t13-/m0/s1. The lowest BCUT2D eigenvalue weighted by Gasteiger charge is -2.23. The van der Waals surface area contributed by atoms with Crippen molar-refractivity contribution in [2.75, 3.05) is 0 Å². The van der Waals surface area contributed by atoms with Crippen LogP contribution in [-0.2, 0) is 9.53 Å². The molecule has 0 fully saturated rings. The second-order valence-corrected chi connectivity index (χ2v) is 6.09. The van der Waals surface area contributed by atoms with Crippen LogP contribution in [0.25, 0.3) is 10.9 Å². The van der Waals surface area contributed by atoms with Gasteiger partial charge in [-0.15, -0.1) is 0 Å².